The van der Waals surface area contributed by atoms with E-state index in [0.29, 0.717) is 26.1 Å². The van der Waals surface area contributed by atoms with Crippen LogP contribution in [0.4, 0.5) is 10.2 Å². The molecule has 11 nitrogen and oxygen atoms in total. The van der Waals surface area contributed by atoms with Crippen LogP contribution in [0, 0.1) is 10.6 Å². The predicted molar refractivity (Wildman–Crippen MR) is 111 cm³/mol. The average molecular weight is 451 g/mol. The van der Waals surface area contributed by atoms with Gasteiger partial charge in [-0.2, -0.15) is 0 Å². The first kappa shape index (κ1) is 21.3. The van der Waals surface area contributed by atoms with E-state index < -0.39 is 9.92 Å². The summed E-state index contributed by atoms with van der Waals surface area (Å²) in [4.78, 5) is 4.18. The van der Waals surface area contributed by atoms with Gasteiger partial charge in [0, 0.05) is 38.0 Å². The fourth-order valence-electron chi connectivity index (χ4n) is 3.53. The number of ether oxygens (including phenoxy) is 1. The van der Waals surface area contributed by atoms with Crippen LogP contribution in [0.5, 0.6) is 0 Å². The lowest BCUT2D eigenvalue weighted by Gasteiger charge is -2.32. The number of oxime groups is 1. The van der Waals surface area contributed by atoms with E-state index in [0.717, 1.165) is 11.1 Å². The minimum Gasteiger partial charge on any atom is -0.409 e. The van der Waals surface area contributed by atoms with Gasteiger partial charge in [-0.1, -0.05) is 11.2 Å². The molecule has 3 atom stereocenters. The highest BCUT2D eigenvalue weighted by Crippen LogP contribution is 2.34. The number of anilines is 1. The second-order valence-electron chi connectivity index (χ2n) is 7.38. The number of morpholine rings is 1. The number of nitrogens with one attached hydrogen (secondary N) is 2. The van der Waals surface area contributed by atoms with Crippen molar-refractivity contribution in [3.63, 3.8) is 0 Å². The molecule has 1 fully saturated rings. The van der Waals surface area contributed by atoms with Gasteiger partial charge in [0.25, 0.3) is 0 Å². The summed E-state index contributed by atoms with van der Waals surface area (Å²) in [5, 5.41) is 23.1. The Hall–Kier alpha value is -2.90. The second-order valence-corrected chi connectivity index (χ2v) is 9.50. The van der Waals surface area contributed by atoms with E-state index in [4.69, 9.17) is 14.1 Å². The van der Waals surface area contributed by atoms with Crippen molar-refractivity contribution in [1.82, 2.24) is 14.6 Å². The molecule has 1 aliphatic heterocycles. The maximum Gasteiger partial charge on any atom is 0.224 e. The number of fused-ring (bicyclic) bond motifs is 1. The third-order valence-corrected chi connectivity index (χ3v) is 6.53. The smallest absolute Gasteiger partial charge is 0.224 e. The van der Waals surface area contributed by atoms with Crippen LogP contribution in [0.25, 0.3) is 0 Å². The zero-order valence-electron chi connectivity index (χ0n) is 16.7. The van der Waals surface area contributed by atoms with Crippen LogP contribution in [-0.4, -0.2) is 74.7 Å². The van der Waals surface area contributed by atoms with Gasteiger partial charge in [0.15, 0.2) is 5.69 Å². The van der Waals surface area contributed by atoms with Crippen LogP contribution in [0.3, 0.4) is 0 Å². The third kappa shape index (κ3) is 4.73. The van der Waals surface area contributed by atoms with Gasteiger partial charge in [-0.15, -0.1) is 0 Å². The molecular weight excluding hydrogens is 429 g/mol. The molecule has 0 amide bonds. The van der Waals surface area contributed by atoms with Gasteiger partial charge in [0.2, 0.25) is 11.7 Å². The molecule has 2 heterocycles. The Morgan fingerprint density at radius 2 is 2.35 bits per heavy atom. The molecule has 3 N–H and O–H groups in total. The third-order valence-electron chi connectivity index (χ3n) is 5.21. The van der Waals surface area contributed by atoms with Crippen LogP contribution in [0.1, 0.15) is 22.7 Å². The first-order valence-electron chi connectivity index (χ1n) is 9.57. The van der Waals surface area contributed by atoms with E-state index in [9.17, 15) is 13.8 Å². The number of rotatable bonds is 6. The maximum absolute atomic E-state index is 13.4. The van der Waals surface area contributed by atoms with Crippen LogP contribution < -0.4 is 5.32 Å². The van der Waals surface area contributed by atoms with Crippen molar-refractivity contribution in [2.75, 3.05) is 37.8 Å². The van der Waals surface area contributed by atoms with Crippen molar-refractivity contribution in [2.45, 2.75) is 18.4 Å². The molecule has 1 saturated heterocycles. The molecule has 2 aliphatic rings. The van der Waals surface area contributed by atoms with Crippen molar-refractivity contribution in [3.05, 3.63) is 40.8 Å². The zero-order chi connectivity index (χ0) is 22.0. The number of aromatic nitrogens is 2. The highest BCUT2D eigenvalue weighted by atomic mass is 32.2. The average Bonchev–Trinajstić information content (AvgIpc) is 3.19. The molecule has 0 saturated carbocycles. The predicted octanol–water partition coefficient (Wildman–Crippen LogP) is 1.46. The Kier molecular flexibility index (Phi) is 5.98. The molecule has 1 aromatic carbocycles. The Morgan fingerprint density at radius 3 is 3.13 bits per heavy atom. The SMILES string of the molecule is CS(=N)(=O)N1CCO[C@@H](CNc2nonc2/C(N=CC2Cc3ccc(F)cc32)=N\O)C1. The van der Waals surface area contributed by atoms with E-state index in [1.54, 1.807) is 16.6 Å². The van der Waals surface area contributed by atoms with Crippen LogP contribution >= 0.6 is 0 Å². The van der Waals surface area contributed by atoms with Crippen LogP contribution in [-0.2, 0) is 21.1 Å². The molecule has 2 unspecified atom stereocenters. The van der Waals surface area contributed by atoms with Crippen LogP contribution in [0.15, 0.2) is 33.0 Å². The fraction of sp³-hybridized carbons (Fsp3) is 0.444. The summed E-state index contributed by atoms with van der Waals surface area (Å²) < 4.78 is 45.1. The van der Waals surface area contributed by atoms with Gasteiger partial charge in [-0.05, 0) is 40.0 Å². The number of nitrogens with zero attached hydrogens (tertiary/aromatic N) is 5. The van der Waals surface area contributed by atoms with E-state index in [2.05, 4.69) is 25.8 Å². The van der Waals surface area contributed by atoms with Gasteiger partial charge in [0.1, 0.15) is 15.7 Å². The fourth-order valence-corrected chi connectivity index (χ4v) is 4.41. The maximum atomic E-state index is 13.4. The second kappa shape index (κ2) is 8.69. The summed E-state index contributed by atoms with van der Waals surface area (Å²) in [7, 11) is -2.81. The van der Waals surface area contributed by atoms with Crippen molar-refractivity contribution in [2.24, 2.45) is 10.1 Å². The lowest BCUT2D eigenvalue weighted by molar-refractivity contribution is 0.00787. The lowest BCUT2D eigenvalue weighted by atomic mass is 9.78. The molecule has 13 heteroatoms. The summed E-state index contributed by atoms with van der Waals surface area (Å²) in [5.41, 5.74) is 2.00. The van der Waals surface area contributed by atoms with Gasteiger partial charge >= 0.3 is 0 Å². The standard InChI is InChI=1S/C18H22FN7O4S/c1-31(20,28)26-4-5-29-14(10-26)9-22-18-16(24-30-25-18)17(23-27)21-8-12-6-11-2-3-13(19)7-15(11)12/h2-3,7-8,12,14,20,27H,4-6,9-10H2,1H3,(H,22,25)/b21-8?,23-17+/t12?,14-,31?/m0/s1. The Morgan fingerprint density at radius 1 is 1.52 bits per heavy atom. The molecular formula is C18H22FN7O4S. The van der Waals surface area contributed by atoms with Crippen molar-refractivity contribution < 1.29 is 23.2 Å². The summed E-state index contributed by atoms with van der Waals surface area (Å²) in [6.07, 6.45) is 3.33. The Balaban J connectivity index is 1.40. The first-order chi connectivity index (χ1) is 14.8. The molecule has 166 valence electrons. The summed E-state index contributed by atoms with van der Waals surface area (Å²) in [6.45, 7) is 1.39. The highest BCUT2D eigenvalue weighted by molar-refractivity contribution is 7.89. The van der Waals surface area contributed by atoms with Gasteiger partial charge in [-0.3, -0.25) is 0 Å². The molecule has 0 spiro atoms. The molecule has 0 bridgehead atoms. The molecule has 1 aliphatic carbocycles. The number of halogens is 1. The Bertz CT molecular complexity index is 1120. The van der Waals surface area contributed by atoms with Gasteiger partial charge < -0.3 is 15.3 Å². The largest absolute Gasteiger partial charge is 0.409 e. The van der Waals surface area contributed by atoms with E-state index in [1.165, 1.54) is 18.4 Å². The van der Waals surface area contributed by atoms with E-state index in [-0.39, 0.29) is 41.7 Å². The Labute approximate surface area is 178 Å². The monoisotopic (exact) mass is 451 g/mol. The molecule has 4 rings (SSSR count). The first-order valence-corrected chi connectivity index (χ1v) is 11.5. The van der Waals surface area contributed by atoms with Crippen molar-refractivity contribution in [3.8, 4) is 0 Å². The number of benzene rings is 1. The molecule has 31 heavy (non-hydrogen) atoms. The summed E-state index contributed by atoms with van der Waals surface area (Å²) in [6, 6.07) is 4.63. The number of amidine groups is 1. The zero-order valence-corrected chi connectivity index (χ0v) is 17.5. The number of hydrogen-bond acceptors (Lipinski definition) is 9. The highest BCUT2D eigenvalue weighted by Gasteiger charge is 2.27. The molecule has 1 aromatic heterocycles. The summed E-state index contributed by atoms with van der Waals surface area (Å²) >= 11 is 0. The number of hydrogen-bond donors (Lipinski definition) is 3. The normalized spacial score (nSPS) is 23.9. The topological polar surface area (TPSA) is 149 Å². The molecule has 0 radical (unpaired) electrons. The van der Waals surface area contributed by atoms with E-state index >= 15 is 0 Å². The van der Waals surface area contributed by atoms with E-state index in [1.807, 2.05) is 0 Å². The van der Waals surface area contributed by atoms with Gasteiger partial charge in [0.05, 0.1) is 12.7 Å². The quantitative estimate of drug-likeness (QED) is 0.260. The lowest BCUT2D eigenvalue weighted by Crippen LogP contribution is -2.47. The minimum absolute atomic E-state index is 0.0888. The van der Waals surface area contributed by atoms with Gasteiger partial charge in [-0.25, -0.2) is 27.3 Å². The van der Waals surface area contributed by atoms with Crippen molar-refractivity contribution in [1.29, 1.82) is 4.78 Å². The molecule has 2 aromatic rings. The van der Waals surface area contributed by atoms with Crippen LogP contribution in [0.2, 0.25) is 0 Å². The minimum atomic E-state index is -2.81. The number of aliphatic imine (C=N–C) groups is 1. The summed E-state index contributed by atoms with van der Waals surface area (Å²) in [5.74, 6) is -0.307. The van der Waals surface area contributed by atoms with Crippen molar-refractivity contribution >= 4 is 27.8 Å².